The SMILES string of the molecule is COCC(=O)NC1CCN(C(=O)CC23CC4CC(CC(C4)C2)C3)CC1. The molecule has 0 aromatic rings. The number of hydrogen-bond acceptors (Lipinski definition) is 3. The molecule has 1 aliphatic heterocycles. The fourth-order valence-electron chi connectivity index (χ4n) is 6.61. The standard InChI is InChI=1S/C20H32N2O3/c1-25-13-18(23)21-17-2-4-22(5-3-17)19(24)12-20-9-14-6-15(10-20)8-16(7-14)11-20/h14-17H,2-13H2,1H3,(H,21,23). The molecule has 5 heteroatoms. The third-order valence-corrected chi connectivity index (χ3v) is 7.18. The Balaban J connectivity index is 1.28. The van der Waals surface area contributed by atoms with Gasteiger partial charge in [0, 0.05) is 32.7 Å². The summed E-state index contributed by atoms with van der Waals surface area (Å²) in [6.07, 6.45) is 10.7. The number of likely N-dealkylation sites (tertiary alicyclic amines) is 1. The Hall–Kier alpha value is -1.10. The molecule has 140 valence electrons. The number of carbonyl (C=O) groups excluding carboxylic acids is 2. The Morgan fingerprint density at radius 2 is 1.60 bits per heavy atom. The molecule has 1 heterocycles. The third-order valence-electron chi connectivity index (χ3n) is 7.18. The number of amides is 2. The van der Waals surface area contributed by atoms with Crippen LogP contribution in [0.3, 0.4) is 0 Å². The Kier molecular flexibility index (Phi) is 4.78. The maximum Gasteiger partial charge on any atom is 0.246 e. The van der Waals surface area contributed by atoms with Crippen molar-refractivity contribution in [2.24, 2.45) is 23.2 Å². The lowest BCUT2D eigenvalue weighted by Crippen LogP contribution is -2.51. The molecule has 4 saturated carbocycles. The number of nitrogens with zero attached hydrogens (tertiary/aromatic N) is 1. The van der Waals surface area contributed by atoms with Crippen LogP contribution in [0.5, 0.6) is 0 Å². The molecular formula is C20H32N2O3. The van der Waals surface area contributed by atoms with Crippen LogP contribution in [-0.4, -0.2) is 49.6 Å². The van der Waals surface area contributed by atoms with E-state index < -0.39 is 0 Å². The van der Waals surface area contributed by atoms with Crippen molar-refractivity contribution in [3.05, 3.63) is 0 Å². The summed E-state index contributed by atoms with van der Waals surface area (Å²) in [6, 6.07) is 0.186. The number of carbonyl (C=O) groups is 2. The Morgan fingerprint density at radius 1 is 1.04 bits per heavy atom. The monoisotopic (exact) mass is 348 g/mol. The number of piperidine rings is 1. The molecule has 0 unspecified atom stereocenters. The summed E-state index contributed by atoms with van der Waals surface area (Å²) in [6.45, 7) is 1.68. The second-order valence-electron chi connectivity index (χ2n) is 9.25. The molecule has 4 bridgehead atoms. The first-order chi connectivity index (χ1) is 12.0. The van der Waals surface area contributed by atoms with E-state index in [-0.39, 0.29) is 18.6 Å². The van der Waals surface area contributed by atoms with Gasteiger partial charge in [0.15, 0.2) is 0 Å². The Labute approximate surface area is 150 Å². The van der Waals surface area contributed by atoms with Crippen molar-refractivity contribution >= 4 is 11.8 Å². The van der Waals surface area contributed by atoms with E-state index >= 15 is 0 Å². The molecule has 0 atom stereocenters. The van der Waals surface area contributed by atoms with E-state index in [0.717, 1.165) is 50.1 Å². The molecule has 0 aromatic carbocycles. The van der Waals surface area contributed by atoms with Crippen LogP contribution < -0.4 is 5.32 Å². The fraction of sp³-hybridized carbons (Fsp3) is 0.900. The minimum Gasteiger partial charge on any atom is -0.375 e. The van der Waals surface area contributed by atoms with Crippen molar-refractivity contribution in [3.63, 3.8) is 0 Å². The fourth-order valence-corrected chi connectivity index (χ4v) is 6.61. The number of ether oxygens (including phenoxy) is 1. The van der Waals surface area contributed by atoms with Gasteiger partial charge in [0.05, 0.1) is 0 Å². The highest BCUT2D eigenvalue weighted by Gasteiger charge is 2.51. The van der Waals surface area contributed by atoms with Crippen molar-refractivity contribution < 1.29 is 14.3 Å². The zero-order chi connectivity index (χ0) is 17.4. The van der Waals surface area contributed by atoms with Crippen LogP contribution >= 0.6 is 0 Å². The van der Waals surface area contributed by atoms with E-state index in [1.807, 2.05) is 0 Å². The molecule has 25 heavy (non-hydrogen) atoms. The summed E-state index contributed by atoms with van der Waals surface area (Å²) in [5.74, 6) is 3.02. The number of nitrogens with one attached hydrogen (secondary N) is 1. The number of rotatable bonds is 5. The third kappa shape index (κ3) is 3.71. The van der Waals surface area contributed by atoms with Crippen LogP contribution in [0.4, 0.5) is 0 Å². The van der Waals surface area contributed by atoms with Crippen LogP contribution in [0.25, 0.3) is 0 Å². The van der Waals surface area contributed by atoms with Gasteiger partial charge in [-0.3, -0.25) is 9.59 Å². The van der Waals surface area contributed by atoms with Gasteiger partial charge in [-0.2, -0.15) is 0 Å². The summed E-state index contributed by atoms with van der Waals surface area (Å²) in [5.41, 5.74) is 0.329. The topological polar surface area (TPSA) is 58.6 Å². The van der Waals surface area contributed by atoms with Gasteiger partial charge in [-0.05, 0) is 74.5 Å². The highest BCUT2D eigenvalue weighted by atomic mass is 16.5. The van der Waals surface area contributed by atoms with Crippen molar-refractivity contribution in [2.75, 3.05) is 26.8 Å². The van der Waals surface area contributed by atoms with Crippen molar-refractivity contribution in [3.8, 4) is 0 Å². The van der Waals surface area contributed by atoms with Crippen LogP contribution in [0.2, 0.25) is 0 Å². The van der Waals surface area contributed by atoms with Gasteiger partial charge in [0.2, 0.25) is 11.8 Å². The largest absolute Gasteiger partial charge is 0.375 e. The normalized spacial score (nSPS) is 37.3. The van der Waals surface area contributed by atoms with Crippen molar-refractivity contribution in [2.45, 2.75) is 63.8 Å². The zero-order valence-corrected chi connectivity index (χ0v) is 15.5. The lowest BCUT2D eigenvalue weighted by atomic mass is 9.49. The van der Waals surface area contributed by atoms with Crippen molar-refractivity contribution in [1.29, 1.82) is 0 Å². The average Bonchev–Trinajstić information content (AvgIpc) is 2.54. The smallest absolute Gasteiger partial charge is 0.246 e. The predicted molar refractivity (Wildman–Crippen MR) is 94.8 cm³/mol. The first-order valence-electron chi connectivity index (χ1n) is 10.1. The van der Waals surface area contributed by atoms with Gasteiger partial charge < -0.3 is 15.0 Å². The molecule has 2 amide bonds. The van der Waals surface area contributed by atoms with E-state index in [1.165, 1.54) is 45.6 Å². The van der Waals surface area contributed by atoms with Gasteiger partial charge in [0.1, 0.15) is 6.61 Å². The molecule has 5 nitrogen and oxygen atoms in total. The van der Waals surface area contributed by atoms with E-state index in [2.05, 4.69) is 10.2 Å². The quantitative estimate of drug-likeness (QED) is 0.830. The molecular weight excluding hydrogens is 316 g/mol. The van der Waals surface area contributed by atoms with Crippen molar-refractivity contribution in [1.82, 2.24) is 10.2 Å². The van der Waals surface area contributed by atoms with E-state index in [1.54, 1.807) is 0 Å². The van der Waals surface area contributed by atoms with Gasteiger partial charge in [-0.1, -0.05) is 0 Å². The maximum absolute atomic E-state index is 12.9. The first kappa shape index (κ1) is 17.3. The first-order valence-corrected chi connectivity index (χ1v) is 10.1. The van der Waals surface area contributed by atoms with Gasteiger partial charge >= 0.3 is 0 Å². The van der Waals surface area contributed by atoms with Gasteiger partial charge in [0.25, 0.3) is 0 Å². The Bertz CT molecular complexity index is 490. The molecule has 1 saturated heterocycles. The zero-order valence-electron chi connectivity index (χ0n) is 15.5. The molecule has 5 rings (SSSR count). The van der Waals surface area contributed by atoms with E-state index in [4.69, 9.17) is 4.74 Å². The molecule has 0 aromatic heterocycles. The summed E-state index contributed by atoms with van der Waals surface area (Å²) in [7, 11) is 1.53. The maximum atomic E-state index is 12.9. The van der Waals surface area contributed by atoms with Crippen LogP contribution in [0.1, 0.15) is 57.8 Å². The lowest BCUT2D eigenvalue weighted by Gasteiger charge is -2.57. The van der Waals surface area contributed by atoms with Crippen LogP contribution in [0, 0.1) is 23.2 Å². The summed E-state index contributed by atoms with van der Waals surface area (Å²) < 4.78 is 4.86. The van der Waals surface area contributed by atoms with Crippen LogP contribution in [0.15, 0.2) is 0 Å². The van der Waals surface area contributed by atoms with E-state index in [0.29, 0.717) is 11.3 Å². The van der Waals surface area contributed by atoms with E-state index in [9.17, 15) is 9.59 Å². The second kappa shape index (κ2) is 6.90. The molecule has 0 radical (unpaired) electrons. The molecule has 4 aliphatic carbocycles. The summed E-state index contributed by atoms with van der Waals surface area (Å²) >= 11 is 0. The van der Waals surface area contributed by atoms with Crippen LogP contribution in [-0.2, 0) is 14.3 Å². The number of methoxy groups -OCH3 is 1. The molecule has 5 aliphatic rings. The molecule has 0 spiro atoms. The van der Waals surface area contributed by atoms with Gasteiger partial charge in [-0.15, -0.1) is 0 Å². The van der Waals surface area contributed by atoms with Gasteiger partial charge in [-0.25, -0.2) is 0 Å². The summed E-state index contributed by atoms with van der Waals surface area (Å²) in [5, 5.41) is 3.00. The predicted octanol–water partition coefficient (Wildman–Crippen LogP) is 2.35. The average molecular weight is 348 g/mol. The molecule has 5 fully saturated rings. The highest BCUT2D eigenvalue weighted by Crippen LogP contribution is 2.61. The number of hydrogen-bond donors (Lipinski definition) is 1. The second-order valence-corrected chi connectivity index (χ2v) is 9.25. The summed E-state index contributed by atoms with van der Waals surface area (Å²) in [4.78, 5) is 26.6. The highest BCUT2D eigenvalue weighted by molar-refractivity contribution is 5.78. The lowest BCUT2D eigenvalue weighted by molar-refractivity contribution is -0.140. The molecule has 1 N–H and O–H groups in total. The minimum atomic E-state index is -0.0548. The minimum absolute atomic E-state index is 0.0548. The Morgan fingerprint density at radius 3 is 2.12 bits per heavy atom.